The van der Waals surface area contributed by atoms with E-state index in [0.29, 0.717) is 45.3 Å². The van der Waals surface area contributed by atoms with Crippen LogP contribution in [-0.2, 0) is 26.7 Å². The molecule has 3 heterocycles. The summed E-state index contributed by atoms with van der Waals surface area (Å²) >= 11 is 0. The lowest BCUT2D eigenvalue weighted by atomic mass is 9.99. The van der Waals surface area contributed by atoms with Crippen LogP contribution in [0.2, 0.25) is 0 Å². The zero-order valence-corrected chi connectivity index (χ0v) is 18.7. The third kappa shape index (κ3) is 4.62. The number of sulfonamides is 1. The lowest BCUT2D eigenvalue weighted by Gasteiger charge is -2.31. The molecule has 2 aromatic rings. The van der Waals surface area contributed by atoms with Crippen molar-refractivity contribution < 1.29 is 18.0 Å². The summed E-state index contributed by atoms with van der Waals surface area (Å²) in [6.45, 7) is 2.58. The third-order valence-electron chi connectivity index (χ3n) is 6.32. The molecule has 2 aliphatic rings. The summed E-state index contributed by atoms with van der Waals surface area (Å²) in [5, 5.41) is 3.81. The molecule has 0 unspecified atom stereocenters. The van der Waals surface area contributed by atoms with Gasteiger partial charge < -0.3 is 14.8 Å². The van der Waals surface area contributed by atoms with Crippen molar-refractivity contribution in [3.63, 3.8) is 0 Å². The number of hydrogen-bond donors (Lipinski definition) is 1. The molecule has 4 rings (SSSR count). The second-order valence-electron chi connectivity index (χ2n) is 8.48. The number of fused-ring (bicyclic) bond motifs is 1. The van der Waals surface area contributed by atoms with Gasteiger partial charge in [0.05, 0.1) is 10.8 Å². The van der Waals surface area contributed by atoms with Gasteiger partial charge in [-0.15, -0.1) is 0 Å². The minimum atomic E-state index is -3.65. The number of nitrogens with zero attached hydrogens (tertiary/aromatic N) is 3. The topological polar surface area (TPSA) is 91.7 Å². The minimum absolute atomic E-state index is 0.105. The van der Waals surface area contributed by atoms with E-state index in [2.05, 4.69) is 5.32 Å². The van der Waals surface area contributed by atoms with E-state index >= 15 is 0 Å². The van der Waals surface area contributed by atoms with Crippen LogP contribution in [0.3, 0.4) is 0 Å². The lowest BCUT2D eigenvalue weighted by molar-refractivity contribution is -0.127. The average Bonchev–Trinajstić information content (AvgIpc) is 3.36. The van der Waals surface area contributed by atoms with Gasteiger partial charge in [0.1, 0.15) is 0 Å². The number of nitrogens with one attached hydrogen (secondary N) is 1. The Morgan fingerprint density at radius 1 is 1.19 bits per heavy atom. The fraction of sp³-hybridized carbons (Fsp3) is 0.545. The molecule has 8 nitrogen and oxygen atoms in total. The van der Waals surface area contributed by atoms with Crippen molar-refractivity contribution in [1.29, 1.82) is 0 Å². The SMILES string of the molecule is Cn1ccc2cc(S(=O)(=O)N3CCC[C@H](C(=O)NCCCN4CCCC4=O)C3)ccc21. The molecule has 1 atom stereocenters. The van der Waals surface area contributed by atoms with Gasteiger partial charge in [-0.25, -0.2) is 8.42 Å². The molecule has 9 heteroatoms. The van der Waals surface area contributed by atoms with Crippen molar-refractivity contribution in [3.8, 4) is 0 Å². The average molecular weight is 447 g/mol. The fourth-order valence-electron chi connectivity index (χ4n) is 4.51. The summed E-state index contributed by atoms with van der Waals surface area (Å²) in [5.41, 5.74) is 0.977. The molecule has 0 radical (unpaired) electrons. The Labute approximate surface area is 183 Å². The van der Waals surface area contributed by atoms with Crippen LogP contribution < -0.4 is 5.32 Å². The van der Waals surface area contributed by atoms with E-state index in [1.165, 1.54) is 4.31 Å². The van der Waals surface area contributed by atoms with Gasteiger partial charge in [-0.3, -0.25) is 9.59 Å². The van der Waals surface area contributed by atoms with Gasteiger partial charge >= 0.3 is 0 Å². The number of carbonyl (C=O) groups is 2. The van der Waals surface area contributed by atoms with E-state index in [1.807, 2.05) is 34.8 Å². The Morgan fingerprint density at radius 2 is 2.03 bits per heavy atom. The van der Waals surface area contributed by atoms with Crippen LogP contribution in [-0.4, -0.2) is 66.7 Å². The summed E-state index contributed by atoms with van der Waals surface area (Å²) in [6.07, 6.45) is 5.49. The summed E-state index contributed by atoms with van der Waals surface area (Å²) in [5.74, 6) is -0.267. The Bertz CT molecular complexity index is 1080. The molecule has 1 aromatic heterocycles. The highest BCUT2D eigenvalue weighted by Crippen LogP contribution is 2.26. The molecule has 0 saturated carbocycles. The zero-order valence-electron chi connectivity index (χ0n) is 17.9. The second kappa shape index (κ2) is 9.00. The van der Waals surface area contributed by atoms with Gasteiger partial charge in [0.25, 0.3) is 0 Å². The van der Waals surface area contributed by atoms with Crippen molar-refractivity contribution in [1.82, 2.24) is 19.1 Å². The predicted molar refractivity (Wildman–Crippen MR) is 118 cm³/mol. The van der Waals surface area contributed by atoms with Crippen molar-refractivity contribution in [2.45, 2.75) is 37.0 Å². The first-order valence-corrected chi connectivity index (χ1v) is 12.4. The number of likely N-dealkylation sites (tertiary alicyclic amines) is 1. The molecule has 2 saturated heterocycles. The Balaban J connectivity index is 1.34. The Hall–Kier alpha value is -2.39. The third-order valence-corrected chi connectivity index (χ3v) is 8.19. The van der Waals surface area contributed by atoms with Crippen LogP contribution in [0.15, 0.2) is 35.4 Å². The summed E-state index contributed by atoms with van der Waals surface area (Å²) in [7, 11) is -1.73. The zero-order chi connectivity index (χ0) is 22.0. The number of hydrogen-bond acceptors (Lipinski definition) is 4. The number of carbonyl (C=O) groups excluding carboxylic acids is 2. The van der Waals surface area contributed by atoms with Crippen molar-refractivity contribution in [2.75, 3.05) is 32.7 Å². The number of piperidine rings is 1. The Kier molecular flexibility index (Phi) is 6.34. The number of rotatable bonds is 7. The smallest absolute Gasteiger partial charge is 0.243 e. The first-order chi connectivity index (χ1) is 14.9. The molecule has 1 aromatic carbocycles. The van der Waals surface area contributed by atoms with Gasteiger partial charge in [0, 0.05) is 63.3 Å². The number of amides is 2. The van der Waals surface area contributed by atoms with Crippen LogP contribution in [0, 0.1) is 5.92 Å². The van der Waals surface area contributed by atoms with Gasteiger partial charge in [-0.1, -0.05) is 0 Å². The Morgan fingerprint density at radius 3 is 2.81 bits per heavy atom. The lowest BCUT2D eigenvalue weighted by Crippen LogP contribution is -2.45. The second-order valence-corrected chi connectivity index (χ2v) is 10.4. The molecule has 0 aliphatic carbocycles. The molecule has 0 spiro atoms. The fourth-order valence-corrected chi connectivity index (χ4v) is 6.07. The normalized spacial score (nSPS) is 20.5. The maximum absolute atomic E-state index is 13.2. The predicted octanol–water partition coefficient (Wildman–Crippen LogP) is 1.71. The van der Waals surface area contributed by atoms with E-state index in [4.69, 9.17) is 0 Å². The number of aromatic nitrogens is 1. The quantitative estimate of drug-likeness (QED) is 0.656. The molecule has 1 N–H and O–H groups in total. The monoisotopic (exact) mass is 446 g/mol. The van der Waals surface area contributed by atoms with E-state index in [-0.39, 0.29) is 29.2 Å². The summed E-state index contributed by atoms with van der Waals surface area (Å²) in [6, 6.07) is 7.06. The van der Waals surface area contributed by atoms with Crippen LogP contribution in [0.5, 0.6) is 0 Å². The molecule has 0 bridgehead atoms. The standard InChI is InChI=1S/C22H30N4O4S/c1-24-14-9-17-15-19(7-8-20(17)24)31(29,30)26-13-2-5-18(16-26)22(28)23-10-4-12-25-11-3-6-21(25)27/h7-9,14-15,18H,2-6,10-13,16H2,1H3,(H,23,28)/t18-/m0/s1. The molecular weight excluding hydrogens is 416 g/mol. The van der Waals surface area contributed by atoms with Crippen LogP contribution >= 0.6 is 0 Å². The molecule has 168 valence electrons. The maximum Gasteiger partial charge on any atom is 0.243 e. The summed E-state index contributed by atoms with van der Waals surface area (Å²) in [4.78, 5) is 26.4. The van der Waals surface area contributed by atoms with Crippen LogP contribution in [0.25, 0.3) is 10.9 Å². The van der Waals surface area contributed by atoms with Gasteiger partial charge in [-0.2, -0.15) is 4.31 Å². The van der Waals surface area contributed by atoms with Crippen molar-refractivity contribution >= 4 is 32.7 Å². The van der Waals surface area contributed by atoms with Crippen molar-refractivity contribution in [2.24, 2.45) is 13.0 Å². The van der Waals surface area contributed by atoms with Crippen LogP contribution in [0.1, 0.15) is 32.1 Å². The molecule has 31 heavy (non-hydrogen) atoms. The van der Waals surface area contributed by atoms with Crippen LogP contribution in [0.4, 0.5) is 0 Å². The van der Waals surface area contributed by atoms with E-state index in [0.717, 1.165) is 23.9 Å². The first kappa shape index (κ1) is 21.8. The number of benzene rings is 1. The highest BCUT2D eigenvalue weighted by Gasteiger charge is 2.33. The van der Waals surface area contributed by atoms with E-state index in [9.17, 15) is 18.0 Å². The van der Waals surface area contributed by atoms with E-state index in [1.54, 1.807) is 12.1 Å². The minimum Gasteiger partial charge on any atom is -0.356 e. The summed E-state index contributed by atoms with van der Waals surface area (Å²) < 4.78 is 29.8. The van der Waals surface area contributed by atoms with E-state index < -0.39 is 10.0 Å². The molecular formula is C22H30N4O4S. The highest BCUT2D eigenvalue weighted by molar-refractivity contribution is 7.89. The largest absolute Gasteiger partial charge is 0.356 e. The van der Waals surface area contributed by atoms with Crippen molar-refractivity contribution in [3.05, 3.63) is 30.5 Å². The molecule has 2 aliphatic heterocycles. The van der Waals surface area contributed by atoms with Gasteiger partial charge in [-0.05, 0) is 49.9 Å². The van der Waals surface area contributed by atoms with Gasteiger partial charge in [0.15, 0.2) is 0 Å². The number of aryl methyl sites for hydroxylation is 1. The van der Waals surface area contributed by atoms with Gasteiger partial charge in [0.2, 0.25) is 21.8 Å². The highest BCUT2D eigenvalue weighted by atomic mass is 32.2. The molecule has 2 fully saturated rings. The maximum atomic E-state index is 13.2. The first-order valence-electron chi connectivity index (χ1n) is 11.0. The molecule has 2 amide bonds.